The van der Waals surface area contributed by atoms with Gasteiger partial charge in [-0.15, -0.1) is 0 Å². The molecule has 2 saturated heterocycles. The van der Waals surface area contributed by atoms with E-state index in [4.69, 9.17) is 11.6 Å². The van der Waals surface area contributed by atoms with Gasteiger partial charge >= 0.3 is 0 Å². The van der Waals surface area contributed by atoms with E-state index in [1.54, 1.807) is 9.80 Å². The molecule has 4 nitrogen and oxygen atoms in total. The maximum Gasteiger partial charge on any atom is 0.249 e. The molecular weight excluding hydrogens is 295 g/mol. The molecular formula is C15H16ClFN2O2. The number of benzene rings is 1. The van der Waals surface area contributed by atoms with Gasteiger partial charge in [0.05, 0.1) is 10.4 Å². The van der Waals surface area contributed by atoms with E-state index in [-0.39, 0.29) is 22.3 Å². The third-order valence-electron chi connectivity index (χ3n) is 4.17. The molecule has 2 aliphatic rings. The van der Waals surface area contributed by atoms with Crippen molar-refractivity contribution in [3.8, 4) is 0 Å². The highest BCUT2D eigenvalue weighted by atomic mass is 35.5. The molecule has 0 saturated carbocycles. The highest BCUT2D eigenvalue weighted by Gasteiger charge is 2.51. The predicted octanol–water partition coefficient (Wildman–Crippen LogP) is 2.45. The lowest BCUT2D eigenvalue weighted by Crippen LogP contribution is -2.63. The van der Waals surface area contributed by atoms with E-state index in [1.807, 2.05) is 13.8 Å². The molecule has 112 valence electrons. The fourth-order valence-electron chi connectivity index (χ4n) is 2.98. The summed E-state index contributed by atoms with van der Waals surface area (Å²) in [4.78, 5) is 27.7. The van der Waals surface area contributed by atoms with Crippen LogP contribution in [-0.2, 0) is 9.59 Å². The van der Waals surface area contributed by atoms with Crippen molar-refractivity contribution < 1.29 is 14.0 Å². The number of halogens is 2. The van der Waals surface area contributed by atoms with Crippen molar-refractivity contribution in [3.63, 3.8) is 0 Å². The Morgan fingerprint density at radius 1 is 1.33 bits per heavy atom. The number of carbonyl (C=O) groups is 2. The van der Waals surface area contributed by atoms with Crippen molar-refractivity contribution in [3.05, 3.63) is 29.0 Å². The van der Waals surface area contributed by atoms with Gasteiger partial charge < -0.3 is 9.80 Å². The van der Waals surface area contributed by atoms with Crippen LogP contribution in [0.25, 0.3) is 0 Å². The highest BCUT2D eigenvalue weighted by molar-refractivity contribution is 6.31. The number of amides is 2. The van der Waals surface area contributed by atoms with E-state index in [9.17, 15) is 14.0 Å². The van der Waals surface area contributed by atoms with Gasteiger partial charge in [0.2, 0.25) is 11.8 Å². The fourth-order valence-corrected chi connectivity index (χ4v) is 3.15. The average Bonchev–Trinajstić information content (AvgIpc) is 2.80. The standard InChI is InChI=1S/C15H16ClFN2O2/c1-15(2)8-19(14(15)21)12-5-6-18(13(12)20)9-3-4-11(17)10(16)7-9/h3-4,7,12H,5-6,8H2,1-2H3. The quantitative estimate of drug-likeness (QED) is 0.787. The first-order chi connectivity index (χ1) is 9.81. The molecule has 21 heavy (non-hydrogen) atoms. The Bertz CT molecular complexity index is 632. The van der Waals surface area contributed by atoms with E-state index in [0.29, 0.717) is 25.2 Å². The first-order valence-corrected chi connectivity index (χ1v) is 7.26. The Labute approximate surface area is 127 Å². The third kappa shape index (κ3) is 2.20. The van der Waals surface area contributed by atoms with Gasteiger partial charge in [-0.05, 0) is 38.5 Å². The summed E-state index contributed by atoms with van der Waals surface area (Å²) in [5, 5.41) is -0.00934. The summed E-state index contributed by atoms with van der Waals surface area (Å²) in [6.07, 6.45) is 0.593. The zero-order valence-corrected chi connectivity index (χ0v) is 12.7. The molecule has 0 N–H and O–H groups in total. The van der Waals surface area contributed by atoms with Crippen LogP contribution in [0.5, 0.6) is 0 Å². The van der Waals surface area contributed by atoms with Crippen LogP contribution in [-0.4, -0.2) is 35.8 Å². The van der Waals surface area contributed by atoms with Gasteiger partial charge in [0.25, 0.3) is 0 Å². The van der Waals surface area contributed by atoms with Crippen LogP contribution >= 0.6 is 11.6 Å². The summed E-state index contributed by atoms with van der Waals surface area (Å²) in [6, 6.07) is 3.81. The number of nitrogens with zero attached hydrogens (tertiary/aromatic N) is 2. The molecule has 0 aliphatic carbocycles. The lowest BCUT2D eigenvalue weighted by molar-refractivity contribution is -0.162. The number of hydrogen-bond donors (Lipinski definition) is 0. The summed E-state index contributed by atoms with van der Waals surface area (Å²) < 4.78 is 13.2. The minimum Gasteiger partial charge on any atom is -0.329 e. The van der Waals surface area contributed by atoms with Crippen molar-refractivity contribution in [2.24, 2.45) is 5.41 Å². The van der Waals surface area contributed by atoms with Gasteiger partial charge in [-0.3, -0.25) is 9.59 Å². The largest absolute Gasteiger partial charge is 0.329 e. The maximum atomic E-state index is 13.2. The van der Waals surface area contributed by atoms with Crippen molar-refractivity contribution >= 4 is 29.1 Å². The van der Waals surface area contributed by atoms with Crippen molar-refractivity contribution in [2.45, 2.75) is 26.3 Å². The van der Waals surface area contributed by atoms with Crippen molar-refractivity contribution in [1.29, 1.82) is 0 Å². The monoisotopic (exact) mass is 310 g/mol. The van der Waals surface area contributed by atoms with Gasteiger partial charge in [0.1, 0.15) is 11.9 Å². The third-order valence-corrected chi connectivity index (χ3v) is 4.46. The first-order valence-electron chi connectivity index (χ1n) is 6.89. The van der Waals surface area contributed by atoms with Gasteiger partial charge in [0.15, 0.2) is 0 Å². The maximum absolute atomic E-state index is 13.2. The van der Waals surface area contributed by atoms with E-state index in [2.05, 4.69) is 0 Å². The summed E-state index contributed by atoms with van der Waals surface area (Å²) in [7, 11) is 0. The second kappa shape index (κ2) is 4.70. The molecule has 3 rings (SSSR count). The van der Waals surface area contributed by atoms with E-state index in [1.165, 1.54) is 18.2 Å². The Balaban J connectivity index is 1.78. The minimum atomic E-state index is -0.511. The molecule has 1 aromatic carbocycles. The molecule has 1 aromatic rings. The Morgan fingerprint density at radius 2 is 2.05 bits per heavy atom. The van der Waals surface area contributed by atoms with Gasteiger partial charge in [-0.1, -0.05) is 11.6 Å². The van der Waals surface area contributed by atoms with Crippen LogP contribution < -0.4 is 4.90 Å². The summed E-state index contributed by atoms with van der Waals surface area (Å²) in [6.45, 7) is 4.86. The Morgan fingerprint density at radius 3 is 2.62 bits per heavy atom. The first kappa shape index (κ1) is 14.3. The molecule has 0 spiro atoms. The lowest BCUT2D eigenvalue weighted by atomic mass is 9.81. The van der Waals surface area contributed by atoms with Crippen molar-refractivity contribution in [1.82, 2.24) is 4.90 Å². The van der Waals surface area contributed by atoms with Crippen LogP contribution in [0.1, 0.15) is 20.3 Å². The summed E-state index contributed by atoms with van der Waals surface area (Å²) in [5.41, 5.74) is 0.202. The zero-order valence-electron chi connectivity index (χ0n) is 11.9. The topological polar surface area (TPSA) is 40.6 Å². The lowest BCUT2D eigenvalue weighted by Gasteiger charge is -2.47. The van der Waals surface area contributed by atoms with Crippen LogP contribution in [0.3, 0.4) is 0 Å². The second-order valence-electron chi connectivity index (χ2n) is 6.21. The second-order valence-corrected chi connectivity index (χ2v) is 6.62. The molecule has 1 unspecified atom stereocenters. The van der Waals surface area contributed by atoms with Gasteiger partial charge in [-0.2, -0.15) is 0 Å². The van der Waals surface area contributed by atoms with Crippen LogP contribution in [0.2, 0.25) is 5.02 Å². The predicted molar refractivity (Wildman–Crippen MR) is 77.7 cm³/mol. The molecule has 2 amide bonds. The molecule has 6 heteroatoms. The average molecular weight is 311 g/mol. The van der Waals surface area contributed by atoms with E-state index >= 15 is 0 Å². The summed E-state index contributed by atoms with van der Waals surface area (Å²) in [5.74, 6) is -0.621. The zero-order chi connectivity index (χ0) is 15.4. The number of carbonyl (C=O) groups excluding carboxylic acids is 2. The molecule has 0 bridgehead atoms. The van der Waals surface area contributed by atoms with Crippen LogP contribution in [0.4, 0.5) is 10.1 Å². The fraction of sp³-hybridized carbons (Fsp3) is 0.467. The van der Waals surface area contributed by atoms with Crippen molar-refractivity contribution in [2.75, 3.05) is 18.0 Å². The highest BCUT2D eigenvalue weighted by Crippen LogP contribution is 2.36. The molecule has 2 heterocycles. The van der Waals surface area contributed by atoms with E-state index in [0.717, 1.165) is 0 Å². The smallest absolute Gasteiger partial charge is 0.249 e. The van der Waals surface area contributed by atoms with Gasteiger partial charge in [0, 0.05) is 18.8 Å². The summed E-state index contributed by atoms with van der Waals surface area (Å²) >= 11 is 5.76. The Kier molecular flexibility index (Phi) is 3.20. The number of hydrogen-bond acceptors (Lipinski definition) is 2. The SMILES string of the molecule is CC1(C)CN(C2CCN(c3ccc(F)c(Cl)c3)C2=O)C1=O. The Hall–Kier alpha value is -1.62. The van der Waals surface area contributed by atoms with Crippen LogP contribution in [0, 0.1) is 11.2 Å². The molecule has 0 aromatic heterocycles. The van der Waals surface area contributed by atoms with Gasteiger partial charge in [-0.25, -0.2) is 4.39 Å². The molecule has 2 fully saturated rings. The number of likely N-dealkylation sites (tertiary alicyclic amines) is 1. The number of β-lactam (4-membered cyclic amide) rings is 1. The molecule has 2 aliphatic heterocycles. The van der Waals surface area contributed by atoms with Crippen LogP contribution in [0.15, 0.2) is 18.2 Å². The minimum absolute atomic E-state index is 0.00934. The normalized spacial score (nSPS) is 24.5. The number of anilines is 1. The number of rotatable bonds is 2. The molecule has 1 atom stereocenters. The van der Waals surface area contributed by atoms with E-state index < -0.39 is 11.9 Å². The molecule has 0 radical (unpaired) electrons.